The molecule has 5 heteroatoms. The quantitative estimate of drug-likeness (QED) is 0.646. The summed E-state index contributed by atoms with van der Waals surface area (Å²) in [4.78, 5) is 19.0. The lowest BCUT2D eigenvalue weighted by Gasteiger charge is -2.36. The molecule has 0 amide bonds. The van der Waals surface area contributed by atoms with Gasteiger partial charge in [0.25, 0.3) is 0 Å². The molecule has 0 radical (unpaired) electrons. The van der Waals surface area contributed by atoms with Gasteiger partial charge in [0.2, 0.25) is 5.56 Å². The summed E-state index contributed by atoms with van der Waals surface area (Å²) in [6.45, 7) is 4.53. The van der Waals surface area contributed by atoms with Crippen molar-refractivity contribution in [2.75, 3.05) is 37.6 Å². The fraction of sp³-hybridized carbons (Fsp3) is 0.346. The molecule has 3 aromatic rings. The van der Waals surface area contributed by atoms with Crippen LogP contribution in [-0.4, -0.2) is 53.8 Å². The smallest absolute Gasteiger partial charge is 0.248 e. The minimum absolute atomic E-state index is 0.0958. The normalized spacial score (nSPS) is 18.7. The molecule has 0 unspecified atom stereocenters. The Kier molecular flexibility index (Phi) is 5.62. The Morgan fingerprint density at radius 3 is 2.52 bits per heavy atom. The first-order chi connectivity index (χ1) is 15.1. The minimum atomic E-state index is -0.504. The Bertz CT molecular complexity index is 1120. The predicted molar refractivity (Wildman–Crippen MR) is 127 cm³/mol. The van der Waals surface area contributed by atoms with Crippen molar-refractivity contribution in [3.8, 4) is 0 Å². The van der Waals surface area contributed by atoms with Crippen molar-refractivity contribution < 1.29 is 5.11 Å². The van der Waals surface area contributed by atoms with Crippen molar-refractivity contribution >= 4 is 22.7 Å². The minimum Gasteiger partial charge on any atom is -0.388 e. The summed E-state index contributed by atoms with van der Waals surface area (Å²) >= 11 is 0. The van der Waals surface area contributed by atoms with Crippen LogP contribution < -0.4 is 10.5 Å². The van der Waals surface area contributed by atoms with E-state index >= 15 is 0 Å². The summed E-state index contributed by atoms with van der Waals surface area (Å²) < 4.78 is 0. The number of aromatic nitrogens is 1. The van der Waals surface area contributed by atoms with E-state index in [1.54, 1.807) is 0 Å². The third-order valence-electron chi connectivity index (χ3n) is 6.38. The standard InChI is InChI=1S/C26H29N3O2/c30-24(10-1-19-2-11-25-22(17-19)7-12-26(31)27-25)18-28-13-15-29(16-14-28)23-8-5-21(6-9-23)20-3-4-20/h1-2,5-12,17,20,24,30H,3-4,13-16,18H2,(H,27,31)/t24-/m0/s1. The summed E-state index contributed by atoms with van der Waals surface area (Å²) in [5.74, 6) is 0.805. The van der Waals surface area contributed by atoms with Gasteiger partial charge in [-0.25, -0.2) is 0 Å². The summed E-state index contributed by atoms with van der Waals surface area (Å²) in [6.07, 6.45) is 5.99. The van der Waals surface area contributed by atoms with Gasteiger partial charge < -0.3 is 15.0 Å². The number of anilines is 1. The molecule has 2 aliphatic rings. The van der Waals surface area contributed by atoms with Crippen LogP contribution in [0, 0.1) is 0 Å². The molecule has 1 atom stereocenters. The summed E-state index contributed by atoms with van der Waals surface area (Å²) in [5.41, 5.74) is 4.53. The van der Waals surface area contributed by atoms with Crippen molar-refractivity contribution in [3.05, 3.63) is 82.2 Å². The second-order valence-corrected chi connectivity index (χ2v) is 8.75. The summed E-state index contributed by atoms with van der Waals surface area (Å²) in [6, 6.07) is 18.3. The number of β-amino-alcohol motifs (C(OH)–C–C–N with tert-alkyl or cyclic N) is 1. The second kappa shape index (κ2) is 8.69. The number of pyridine rings is 1. The third kappa shape index (κ3) is 4.89. The zero-order valence-electron chi connectivity index (χ0n) is 17.7. The number of aliphatic hydroxyl groups is 1. The lowest BCUT2D eigenvalue weighted by atomic mass is 10.1. The first-order valence-electron chi connectivity index (χ1n) is 11.2. The van der Waals surface area contributed by atoms with Gasteiger partial charge in [-0.1, -0.05) is 30.4 Å². The van der Waals surface area contributed by atoms with Gasteiger partial charge in [-0.15, -0.1) is 0 Å². The SMILES string of the molecule is O=c1ccc2cc(C=C[C@H](O)CN3CCN(c4ccc(C5CC5)cc4)CC3)ccc2[nH]1. The van der Waals surface area contributed by atoms with Crippen molar-refractivity contribution in [1.82, 2.24) is 9.88 Å². The molecule has 1 aliphatic heterocycles. The van der Waals surface area contributed by atoms with Crippen LogP contribution in [0.1, 0.15) is 29.9 Å². The van der Waals surface area contributed by atoms with Crippen LogP contribution in [0.3, 0.4) is 0 Å². The van der Waals surface area contributed by atoms with E-state index in [0.29, 0.717) is 6.54 Å². The fourth-order valence-corrected chi connectivity index (χ4v) is 4.39. The Labute approximate surface area is 182 Å². The first kappa shape index (κ1) is 20.0. The third-order valence-corrected chi connectivity index (χ3v) is 6.38. The predicted octanol–water partition coefficient (Wildman–Crippen LogP) is 3.60. The van der Waals surface area contributed by atoms with Gasteiger partial charge in [-0.2, -0.15) is 0 Å². The lowest BCUT2D eigenvalue weighted by Crippen LogP contribution is -2.48. The number of nitrogens with one attached hydrogen (secondary N) is 1. The molecule has 2 heterocycles. The summed E-state index contributed by atoms with van der Waals surface area (Å²) in [7, 11) is 0. The maximum atomic E-state index is 11.4. The lowest BCUT2D eigenvalue weighted by molar-refractivity contribution is 0.142. The van der Waals surface area contributed by atoms with Crippen molar-refractivity contribution in [1.29, 1.82) is 0 Å². The van der Waals surface area contributed by atoms with Crippen LogP contribution in [0.4, 0.5) is 5.69 Å². The molecule has 1 saturated carbocycles. The number of hydrogen-bond donors (Lipinski definition) is 2. The Morgan fingerprint density at radius 1 is 1.00 bits per heavy atom. The number of piperazine rings is 1. The first-order valence-corrected chi connectivity index (χ1v) is 11.2. The van der Waals surface area contributed by atoms with Gasteiger partial charge in [-0.3, -0.25) is 9.69 Å². The Hall–Kier alpha value is -2.89. The van der Waals surface area contributed by atoms with E-state index in [9.17, 15) is 9.90 Å². The van der Waals surface area contributed by atoms with Crippen molar-refractivity contribution in [2.24, 2.45) is 0 Å². The van der Waals surface area contributed by atoms with E-state index in [-0.39, 0.29) is 5.56 Å². The Balaban J connectivity index is 1.13. The van der Waals surface area contributed by atoms with Crippen LogP contribution in [0.15, 0.2) is 65.5 Å². The van der Waals surface area contributed by atoms with Gasteiger partial charge in [0.05, 0.1) is 6.10 Å². The highest BCUT2D eigenvalue weighted by atomic mass is 16.3. The monoisotopic (exact) mass is 415 g/mol. The number of hydrogen-bond acceptors (Lipinski definition) is 4. The number of aliphatic hydroxyl groups excluding tert-OH is 1. The van der Waals surface area contributed by atoms with Crippen LogP contribution in [0.2, 0.25) is 0 Å². The molecule has 1 aliphatic carbocycles. The van der Waals surface area contributed by atoms with E-state index in [2.05, 4.69) is 39.0 Å². The van der Waals surface area contributed by atoms with Crippen LogP contribution in [-0.2, 0) is 0 Å². The molecule has 5 rings (SSSR count). The molecule has 2 fully saturated rings. The number of benzene rings is 2. The topological polar surface area (TPSA) is 59.6 Å². The van der Waals surface area contributed by atoms with E-state index in [4.69, 9.17) is 0 Å². The molecule has 31 heavy (non-hydrogen) atoms. The molecule has 2 aromatic carbocycles. The molecule has 0 spiro atoms. The summed E-state index contributed by atoms with van der Waals surface area (Å²) in [5, 5.41) is 11.5. The molecular weight excluding hydrogens is 386 g/mol. The number of H-pyrrole nitrogens is 1. The molecule has 1 aromatic heterocycles. The number of nitrogens with zero attached hydrogens (tertiary/aromatic N) is 2. The van der Waals surface area contributed by atoms with Gasteiger partial charge in [0, 0.05) is 50.0 Å². The maximum absolute atomic E-state index is 11.4. The van der Waals surface area contributed by atoms with Crippen LogP contribution in [0.5, 0.6) is 0 Å². The highest BCUT2D eigenvalue weighted by Gasteiger charge is 2.24. The highest BCUT2D eigenvalue weighted by molar-refractivity contribution is 5.81. The average Bonchev–Trinajstić information content (AvgIpc) is 3.64. The van der Waals surface area contributed by atoms with E-state index < -0.39 is 6.10 Å². The molecule has 0 bridgehead atoms. The maximum Gasteiger partial charge on any atom is 0.248 e. The van der Waals surface area contributed by atoms with Gasteiger partial charge in [-0.05, 0) is 65.6 Å². The molecule has 5 nitrogen and oxygen atoms in total. The van der Waals surface area contributed by atoms with Crippen LogP contribution >= 0.6 is 0 Å². The largest absolute Gasteiger partial charge is 0.388 e. The van der Waals surface area contributed by atoms with Crippen molar-refractivity contribution in [3.63, 3.8) is 0 Å². The van der Waals surface area contributed by atoms with Crippen molar-refractivity contribution in [2.45, 2.75) is 24.9 Å². The van der Waals surface area contributed by atoms with E-state index in [0.717, 1.165) is 48.6 Å². The second-order valence-electron chi connectivity index (χ2n) is 8.75. The molecule has 160 valence electrons. The zero-order chi connectivity index (χ0) is 21.2. The highest BCUT2D eigenvalue weighted by Crippen LogP contribution is 2.40. The zero-order valence-corrected chi connectivity index (χ0v) is 17.7. The fourth-order valence-electron chi connectivity index (χ4n) is 4.39. The number of aromatic amines is 1. The van der Waals surface area contributed by atoms with Gasteiger partial charge >= 0.3 is 0 Å². The van der Waals surface area contributed by atoms with Crippen LogP contribution in [0.25, 0.3) is 17.0 Å². The average molecular weight is 416 g/mol. The number of fused-ring (bicyclic) bond motifs is 1. The van der Waals surface area contributed by atoms with E-state index in [1.165, 1.54) is 30.2 Å². The number of rotatable bonds is 6. The molecule has 2 N–H and O–H groups in total. The molecular formula is C26H29N3O2. The molecule has 1 saturated heterocycles. The van der Waals surface area contributed by atoms with E-state index in [1.807, 2.05) is 36.4 Å². The Morgan fingerprint density at radius 2 is 1.77 bits per heavy atom. The van der Waals surface area contributed by atoms with Gasteiger partial charge in [0.1, 0.15) is 0 Å². The van der Waals surface area contributed by atoms with Gasteiger partial charge in [0.15, 0.2) is 0 Å².